The lowest BCUT2D eigenvalue weighted by Crippen LogP contribution is -2.29. The highest BCUT2D eigenvalue weighted by Gasteiger charge is 2.13. The molecule has 0 bridgehead atoms. The molecular formula is C16H21N3O2. The van der Waals surface area contributed by atoms with E-state index in [4.69, 9.17) is 0 Å². The topological polar surface area (TPSA) is 67.2 Å². The zero-order valence-electron chi connectivity index (χ0n) is 12.6. The van der Waals surface area contributed by atoms with Gasteiger partial charge in [0.1, 0.15) is 5.69 Å². The van der Waals surface area contributed by atoms with Gasteiger partial charge in [-0.15, -0.1) is 0 Å². The number of nitrogens with one attached hydrogen (secondary N) is 1. The van der Waals surface area contributed by atoms with E-state index in [0.29, 0.717) is 11.6 Å². The molecule has 0 saturated heterocycles. The Labute approximate surface area is 124 Å². The summed E-state index contributed by atoms with van der Waals surface area (Å²) in [6.45, 7) is 4.42. The van der Waals surface area contributed by atoms with Gasteiger partial charge in [-0.05, 0) is 23.1 Å². The maximum Gasteiger partial charge on any atom is 0.269 e. The number of hydrogen-bond acceptors (Lipinski definition) is 3. The number of carbonyl (C=O) groups is 1. The van der Waals surface area contributed by atoms with Crippen LogP contribution in [0.5, 0.6) is 0 Å². The molecule has 0 aliphatic carbocycles. The maximum absolute atomic E-state index is 11.9. The zero-order valence-corrected chi connectivity index (χ0v) is 12.6. The number of nitrogens with zero attached hydrogens (tertiary/aromatic N) is 2. The minimum atomic E-state index is -0.719. The van der Waals surface area contributed by atoms with Gasteiger partial charge < -0.3 is 10.4 Å². The summed E-state index contributed by atoms with van der Waals surface area (Å²) in [5.41, 5.74) is 2.49. The maximum atomic E-state index is 11.9. The van der Waals surface area contributed by atoms with Crippen molar-refractivity contribution in [3.05, 3.63) is 53.3 Å². The molecule has 2 rings (SSSR count). The van der Waals surface area contributed by atoms with Crippen LogP contribution >= 0.6 is 0 Å². The fraction of sp³-hybridized carbons (Fsp3) is 0.375. The number of aryl methyl sites for hydroxylation is 1. The SMILES string of the molecule is CC(C)c1ccc(C(O)CNC(=O)c2ccnn2C)cc1. The van der Waals surface area contributed by atoms with Crippen molar-refractivity contribution in [1.82, 2.24) is 15.1 Å². The lowest BCUT2D eigenvalue weighted by atomic mass is 10.00. The molecule has 1 heterocycles. The average molecular weight is 287 g/mol. The Balaban J connectivity index is 1.94. The van der Waals surface area contributed by atoms with E-state index >= 15 is 0 Å². The lowest BCUT2D eigenvalue weighted by molar-refractivity contribution is 0.0907. The third-order valence-corrected chi connectivity index (χ3v) is 3.50. The molecule has 2 aromatic rings. The summed E-state index contributed by atoms with van der Waals surface area (Å²) in [5.74, 6) is 0.216. The van der Waals surface area contributed by atoms with Crippen molar-refractivity contribution in [2.75, 3.05) is 6.54 Å². The second kappa shape index (κ2) is 6.54. The number of amides is 1. The monoisotopic (exact) mass is 287 g/mol. The molecule has 0 radical (unpaired) electrons. The number of aliphatic hydroxyl groups is 1. The number of hydrogen-bond donors (Lipinski definition) is 2. The average Bonchev–Trinajstić information content (AvgIpc) is 2.90. The number of benzene rings is 1. The first kappa shape index (κ1) is 15.3. The molecule has 1 unspecified atom stereocenters. The smallest absolute Gasteiger partial charge is 0.269 e. The Kier molecular flexibility index (Phi) is 4.75. The molecule has 0 spiro atoms. The van der Waals surface area contributed by atoms with E-state index < -0.39 is 6.10 Å². The van der Waals surface area contributed by atoms with Crippen LogP contribution in [0, 0.1) is 0 Å². The molecular weight excluding hydrogens is 266 g/mol. The second-order valence-electron chi connectivity index (χ2n) is 5.39. The van der Waals surface area contributed by atoms with Gasteiger partial charge in [-0.3, -0.25) is 9.48 Å². The summed E-state index contributed by atoms with van der Waals surface area (Å²) < 4.78 is 1.50. The van der Waals surface area contributed by atoms with Gasteiger partial charge >= 0.3 is 0 Å². The predicted octanol–water partition coefficient (Wildman–Crippen LogP) is 2.01. The quantitative estimate of drug-likeness (QED) is 0.884. The summed E-state index contributed by atoms with van der Waals surface area (Å²) in [6.07, 6.45) is 0.846. The van der Waals surface area contributed by atoms with Gasteiger partial charge in [0.05, 0.1) is 6.10 Å². The Hall–Kier alpha value is -2.14. The van der Waals surface area contributed by atoms with Gasteiger partial charge in [0, 0.05) is 19.8 Å². The fourth-order valence-electron chi connectivity index (χ4n) is 2.10. The molecule has 1 amide bonds. The van der Waals surface area contributed by atoms with Gasteiger partial charge in [0.2, 0.25) is 0 Å². The van der Waals surface area contributed by atoms with Crippen molar-refractivity contribution in [3.63, 3.8) is 0 Å². The Morgan fingerprint density at radius 2 is 1.86 bits per heavy atom. The van der Waals surface area contributed by atoms with Gasteiger partial charge in [0.15, 0.2) is 0 Å². The molecule has 1 aromatic heterocycles. The lowest BCUT2D eigenvalue weighted by Gasteiger charge is -2.13. The molecule has 0 aliphatic rings. The number of aliphatic hydroxyl groups excluding tert-OH is 1. The van der Waals surface area contributed by atoms with Crippen LogP contribution in [0.2, 0.25) is 0 Å². The van der Waals surface area contributed by atoms with Crippen LogP contribution in [0.4, 0.5) is 0 Å². The molecule has 1 aromatic carbocycles. The molecule has 0 fully saturated rings. The highest BCUT2D eigenvalue weighted by molar-refractivity contribution is 5.92. The zero-order chi connectivity index (χ0) is 15.4. The second-order valence-corrected chi connectivity index (χ2v) is 5.39. The van der Waals surface area contributed by atoms with Crippen molar-refractivity contribution < 1.29 is 9.90 Å². The van der Waals surface area contributed by atoms with Crippen molar-refractivity contribution in [2.45, 2.75) is 25.9 Å². The van der Waals surface area contributed by atoms with E-state index in [1.807, 2.05) is 24.3 Å². The van der Waals surface area contributed by atoms with Crippen LogP contribution in [0.25, 0.3) is 0 Å². The molecule has 0 aliphatic heterocycles. The first-order valence-electron chi connectivity index (χ1n) is 7.03. The minimum absolute atomic E-state index is 0.172. The van der Waals surface area contributed by atoms with Gasteiger partial charge in [-0.1, -0.05) is 38.1 Å². The van der Waals surface area contributed by atoms with E-state index in [1.54, 1.807) is 19.3 Å². The van der Waals surface area contributed by atoms with Crippen molar-refractivity contribution in [2.24, 2.45) is 7.05 Å². The van der Waals surface area contributed by atoms with Gasteiger partial charge in [-0.2, -0.15) is 5.10 Å². The predicted molar refractivity (Wildman–Crippen MR) is 81.0 cm³/mol. The Morgan fingerprint density at radius 3 is 2.38 bits per heavy atom. The molecule has 5 nitrogen and oxygen atoms in total. The largest absolute Gasteiger partial charge is 0.387 e. The van der Waals surface area contributed by atoms with Gasteiger partial charge in [0.25, 0.3) is 5.91 Å². The standard InChI is InChI=1S/C16H21N3O2/c1-11(2)12-4-6-13(7-5-12)15(20)10-17-16(21)14-8-9-18-19(14)3/h4-9,11,15,20H,10H2,1-3H3,(H,17,21). The van der Waals surface area contributed by atoms with E-state index in [-0.39, 0.29) is 12.5 Å². The third kappa shape index (κ3) is 3.70. The summed E-state index contributed by atoms with van der Waals surface area (Å²) in [7, 11) is 1.70. The van der Waals surface area contributed by atoms with Crippen LogP contribution in [-0.4, -0.2) is 27.3 Å². The number of carbonyl (C=O) groups excluding carboxylic acids is 1. The van der Waals surface area contributed by atoms with Crippen LogP contribution in [0.1, 0.15) is 47.5 Å². The summed E-state index contributed by atoms with van der Waals surface area (Å²) in [5, 5.41) is 16.8. The Bertz CT molecular complexity index is 602. The van der Waals surface area contributed by atoms with E-state index in [9.17, 15) is 9.90 Å². The van der Waals surface area contributed by atoms with Gasteiger partial charge in [-0.25, -0.2) is 0 Å². The first-order valence-corrected chi connectivity index (χ1v) is 7.03. The molecule has 21 heavy (non-hydrogen) atoms. The molecule has 1 atom stereocenters. The summed E-state index contributed by atoms with van der Waals surface area (Å²) in [4.78, 5) is 11.9. The van der Waals surface area contributed by atoms with Crippen molar-refractivity contribution in [1.29, 1.82) is 0 Å². The molecule has 5 heteroatoms. The van der Waals surface area contributed by atoms with Crippen molar-refractivity contribution >= 4 is 5.91 Å². The van der Waals surface area contributed by atoms with Crippen LogP contribution in [0.15, 0.2) is 36.5 Å². The van der Waals surface area contributed by atoms with E-state index in [1.165, 1.54) is 10.2 Å². The summed E-state index contributed by atoms with van der Waals surface area (Å²) in [6, 6.07) is 9.45. The molecule has 112 valence electrons. The molecule has 0 saturated carbocycles. The number of rotatable bonds is 5. The highest BCUT2D eigenvalue weighted by Crippen LogP contribution is 2.18. The van der Waals surface area contributed by atoms with E-state index in [2.05, 4.69) is 24.3 Å². The van der Waals surface area contributed by atoms with Crippen LogP contribution < -0.4 is 5.32 Å². The third-order valence-electron chi connectivity index (χ3n) is 3.50. The minimum Gasteiger partial charge on any atom is -0.387 e. The van der Waals surface area contributed by atoms with Crippen LogP contribution in [-0.2, 0) is 7.05 Å². The first-order chi connectivity index (χ1) is 9.99. The summed E-state index contributed by atoms with van der Waals surface area (Å²) >= 11 is 0. The normalized spacial score (nSPS) is 12.4. The van der Waals surface area contributed by atoms with Crippen molar-refractivity contribution in [3.8, 4) is 0 Å². The van der Waals surface area contributed by atoms with Crippen LogP contribution in [0.3, 0.4) is 0 Å². The number of aromatic nitrogens is 2. The van der Waals surface area contributed by atoms with E-state index in [0.717, 1.165) is 5.56 Å². The highest BCUT2D eigenvalue weighted by atomic mass is 16.3. The Morgan fingerprint density at radius 1 is 1.24 bits per heavy atom. The molecule has 2 N–H and O–H groups in total. The fourth-order valence-corrected chi connectivity index (χ4v) is 2.10.